The van der Waals surface area contributed by atoms with Gasteiger partial charge in [0.25, 0.3) is 0 Å². The molecular weight excluding hydrogens is 302 g/mol. The average Bonchev–Trinajstić information content (AvgIpc) is 2.57. The summed E-state index contributed by atoms with van der Waals surface area (Å²) in [7, 11) is 1.74. The van der Waals surface area contributed by atoms with Crippen molar-refractivity contribution in [2.75, 3.05) is 20.3 Å². The van der Waals surface area contributed by atoms with Crippen LogP contribution in [0.5, 0.6) is 0 Å². The van der Waals surface area contributed by atoms with Gasteiger partial charge >= 0.3 is 0 Å². The molecule has 2 rings (SSSR count). The predicted octanol–water partition coefficient (Wildman–Crippen LogP) is 3.20. The zero-order valence-corrected chi connectivity index (χ0v) is 15.4. The van der Waals surface area contributed by atoms with Gasteiger partial charge in [-0.2, -0.15) is 0 Å². The lowest BCUT2D eigenvalue weighted by Crippen LogP contribution is -2.67. The Morgan fingerprint density at radius 1 is 1.21 bits per heavy atom. The van der Waals surface area contributed by atoms with Crippen LogP contribution >= 0.6 is 0 Å². The minimum atomic E-state index is -0.00396. The highest BCUT2D eigenvalue weighted by atomic mass is 16.5. The smallest absolute Gasteiger partial charge is 0.220 e. The zero-order valence-electron chi connectivity index (χ0n) is 15.4. The van der Waals surface area contributed by atoms with Gasteiger partial charge in [-0.15, -0.1) is 0 Å². The Labute approximate surface area is 145 Å². The summed E-state index contributed by atoms with van der Waals surface area (Å²) in [6.45, 7) is 7.77. The molecule has 0 spiro atoms. The number of rotatable bonds is 9. The highest BCUT2D eigenvalue weighted by Crippen LogP contribution is 2.46. The Hall–Kier alpha value is -1.39. The van der Waals surface area contributed by atoms with Gasteiger partial charge in [-0.3, -0.25) is 4.79 Å². The van der Waals surface area contributed by atoms with Gasteiger partial charge in [-0.05, 0) is 18.4 Å². The molecule has 0 aromatic heterocycles. The van der Waals surface area contributed by atoms with Crippen molar-refractivity contribution in [2.24, 2.45) is 11.3 Å². The maximum Gasteiger partial charge on any atom is 0.220 e. The summed E-state index contributed by atoms with van der Waals surface area (Å²) < 4.78 is 11.1. The maximum atomic E-state index is 12.1. The molecule has 24 heavy (non-hydrogen) atoms. The molecule has 0 heterocycles. The van der Waals surface area contributed by atoms with Crippen LogP contribution in [0.15, 0.2) is 30.3 Å². The topological polar surface area (TPSA) is 47.6 Å². The van der Waals surface area contributed by atoms with E-state index in [0.29, 0.717) is 25.6 Å². The molecule has 0 radical (unpaired) electrons. The van der Waals surface area contributed by atoms with Crippen LogP contribution in [0, 0.1) is 11.3 Å². The fourth-order valence-electron chi connectivity index (χ4n) is 3.94. The number of carbonyl (C=O) groups excluding carboxylic acids is 1. The van der Waals surface area contributed by atoms with E-state index in [-0.39, 0.29) is 23.5 Å². The number of nitrogens with one attached hydrogen (secondary N) is 1. The quantitative estimate of drug-likeness (QED) is 0.706. The molecule has 4 heteroatoms. The van der Waals surface area contributed by atoms with Crippen molar-refractivity contribution >= 4 is 5.91 Å². The van der Waals surface area contributed by atoms with Crippen LogP contribution in [0.3, 0.4) is 0 Å². The van der Waals surface area contributed by atoms with E-state index in [0.717, 1.165) is 12.8 Å². The number of ether oxygens (including phenoxy) is 2. The van der Waals surface area contributed by atoms with Crippen LogP contribution in [0.2, 0.25) is 0 Å². The number of methoxy groups -OCH3 is 1. The van der Waals surface area contributed by atoms with E-state index in [9.17, 15) is 4.79 Å². The van der Waals surface area contributed by atoms with Gasteiger partial charge < -0.3 is 14.8 Å². The molecule has 4 nitrogen and oxygen atoms in total. The van der Waals surface area contributed by atoms with Gasteiger partial charge in [0.2, 0.25) is 5.91 Å². The largest absolute Gasteiger partial charge is 0.381 e. The van der Waals surface area contributed by atoms with Crippen molar-refractivity contribution in [3.8, 4) is 0 Å². The molecule has 1 amide bonds. The van der Waals surface area contributed by atoms with Crippen molar-refractivity contribution in [3.05, 3.63) is 35.9 Å². The molecule has 0 aliphatic heterocycles. The summed E-state index contributed by atoms with van der Waals surface area (Å²) >= 11 is 0. The summed E-state index contributed by atoms with van der Waals surface area (Å²) in [6, 6.07) is 10.5. The normalized spacial score (nSPS) is 25.1. The average molecular weight is 333 g/mol. The predicted molar refractivity (Wildman–Crippen MR) is 95.9 cm³/mol. The number of hydrogen-bond acceptors (Lipinski definition) is 3. The summed E-state index contributed by atoms with van der Waals surface area (Å²) in [5.41, 5.74) is 1.28. The molecule has 1 fully saturated rings. The SMILES string of the molecule is COC1C(C)C(NC(=O)CCCOCCc2ccccc2)C1(C)C. The van der Waals surface area contributed by atoms with Crippen LogP contribution in [0.25, 0.3) is 0 Å². The fourth-order valence-corrected chi connectivity index (χ4v) is 3.94. The summed E-state index contributed by atoms with van der Waals surface area (Å²) in [5.74, 6) is 0.470. The highest BCUT2D eigenvalue weighted by Gasteiger charge is 2.55. The number of hydrogen-bond donors (Lipinski definition) is 1. The van der Waals surface area contributed by atoms with Crippen LogP contribution in [-0.4, -0.2) is 38.4 Å². The van der Waals surface area contributed by atoms with Gasteiger partial charge in [0.05, 0.1) is 12.7 Å². The molecule has 3 unspecified atom stereocenters. The molecule has 1 aliphatic carbocycles. The molecule has 1 N–H and O–H groups in total. The number of carbonyl (C=O) groups is 1. The monoisotopic (exact) mass is 333 g/mol. The van der Waals surface area contributed by atoms with E-state index < -0.39 is 0 Å². The molecule has 1 saturated carbocycles. The van der Waals surface area contributed by atoms with Crippen LogP contribution in [-0.2, 0) is 20.7 Å². The lowest BCUT2D eigenvalue weighted by Gasteiger charge is -2.56. The second kappa shape index (κ2) is 8.63. The number of benzene rings is 1. The zero-order chi connectivity index (χ0) is 17.6. The van der Waals surface area contributed by atoms with E-state index >= 15 is 0 Å². The fraction of sp³-hybridized carbons (Fsp3) is 0.650. The van der Waals surface area contributed by atoms with Crippen molar-refractivity contribution < 1.29 is 14.3 Å². The highest BCUT2D eigenvalue weighted by molar-refractivity contribution is 5.76. The Balaban J connectivity index is 1.57. The number of amides is 1. The molecule has 0 saturated heterocycles. The Morgan fingerprint density at radius 2 is 1.92 bits per heavy atom. The molecule has 3 atom stereocenters. The van der Waals surface area contributed by atoms with E-state index in [4.69, 9.17) is 9.47 Å². The Kier molecular flexibility index (Phi) is 6.81. The standard InChI is InChI=1S/C20H31NO3/c1-15-18(20(2,3)19(15)23-4)21-17(22)11-8-13-24-14-12-16-9-6-5-7-10-16/h5-7,9-10,15,18-19H,8,11-14H2,1-4H3,(H,21,22). The van der Waals surface area contributed by atoms with Crippen molar-refractivity contribution in [2.45, 2.75) is 52.2 Å². The first-order valence-electron chi connectivity index (χ1n) is 8.90. The van der Waals surface area contributed by atoms with Crippen LogP contribution in [0.4, 0.5) is 0 Å². The molecule has 1 aromatic carbocycles. The van der Waals surface area contributed by atoms with Crippen molar-refractivity contribution in [1.29, 1.82) is 0 Å². The summed E-state index contributed by atoms with van der Waals surface area (Å²) in [6.07, 6.45) is 2.40. The van der Waals surface area contributed by atoms with Gasteiger partial charge in [-0.1, -0.05) is 51.1 Å². The van der Waals surface area contributed by atoms with Gasteiger partial charge in [0.1, 0.15) is 0 Å². The lowest BCUT2D eigenvalue weighted by atomic mass is 9.58. The van der Waals surface area contributed by atoms with Gasteiger partial charge in [0, 0.05) is 37.5 Å². The first-order valence-corrected chi connectivity index (χ1v) is 8.90. The third-order valence-corrected chi connectivity index (χ3v) is 5.18. The second-order valence-electron chi connectivity index (χ2n) is 7.33. The molecule has 134 valence electrons. The molecular formula is C20H31NO3. The van der Waals surface area contributed by atoms with E-state index in [1.807, 2.05) is 18.2 Å². The van der Waals surface area contributed by atoms with Gasteiger partial charge in [-0.25, -0.2) is 0 Å². The molecule has 1 aliphatic rings. The van der Waals surface area contributed by atoms with Crippen LogP contribution in [0.1, 0.15) is 39.2 Å². The molecule has 0 bridgehead atoms. The summed E-state index contributed by atoms with van der Waals surface area (Å²) in [5, 5.41) is 3.16. The Bertz CT molecular complexity index is 515. The first-order chi connectivity index (χ1) is 11.5. The van der Waals surface area contributed by atoms with Crippen LogP contribution < -0.4 is 5.32 Å². The van der Waals surface area contributed by atoms with E-state index in [1.54, 1.807) is 7.11 Å². The summed E-state index contributed by atoms with van der Waals surface area (Å²) in [4.78, 5) is 12.1. The third-order valence-electron chi connectivity index (χ3n) is 5.18. The molecule has 1 aromatic rings. The lowest BCUT2D eigenvalue weighted by molar-refractivity contribution is -0.154. The van der Waals surface area contributed by atoms with Crippen molar-refractivity contribution in [3.63, 3.8) is 0 Å². The second-order valence-corrected chi connectivity index (χ2v) is 7.33. The third kappa shape index (κ3) is 4.58. The Morgan fingerprint density at radius 3 is 2.54 bits per heavy atom. The van der Waals surface area contributed by atoms with Crippen molar-refractivity contribution in [1.82, 2.24) is 5.32 Å². The minimum absolute atomic E-state index is 0.00396. The maximum absolute atomic E-state index is 12.1. The van der Waals surface area contributed by atoms with E-state index in [1.165, 1.54) is 5.56 Å². The minimum Gasteiger partial charge on any atom is -0.381 e. The van der Waals surface area contributed by atoms with E-state index in [2.05, 4.69) is 38.2 Å². The van der Waals surface area contributed by atoms with Gasteiger partial charge in [0.15, 0.2) is 0 Å². The first kappa shape index (κ1) is 18.9.